The summed E-state index contributed by atoms with van der Waals surface area (Å²) in [6.45, 7) is 2.07. The van der Waals surface area contributed by atoms with E-state index in [1.54, 1.807) is 24.4 Å². The molecule has 0 spiro atoms. The lowest BCUT2D eigenvalue weighted by molar-refractivity contribution is -0.141. The third-order valence-corrected chi connectivity index (χ3v) is 5.23. The molecule has 3 aromatic carbocycles. The zero-order valence-corrected chi connectivity index (χ0v) is 17.2. The van der Waals surface area contributed by atoms with Gasteiger partial charge in [-0.1, -0.05) is 85.8 Å². The summed E-state index contributed by atoms with van der Waals surface area (Å²) < 4.78 is 5.66. The summed E-state index contributed by atoms with van der Waals surface area (Å²) in [4.78, 5) is 29.3. The fraction of sp³-hybridized carbons (Fsp3) is 0.111. The maximum atomic E-state index is 13.5. The average Bonchev–Trinajstić information content (AvgIpc) is 3.26. The second-order valence-electron chi connectivity index (χ2n) is 7.23. The van der Waals surface area contributed by atoms with Crippen LogP contribution < -0.4 is 0 Å². The number of hydrogen-bond acceptors (Lipinski definition) is 3. The fourth-order valence-corrected chi connectivity index (χ4v) is 3.64. The third-order valence-electron chi connectivity index (χ3n) is 5.23. The molecule has 4 heteroatoms. The molecule has 0 saturated heterocycles. The van der Waals surface area contributed by atoms with Gasteiger partial charge in [-0.25, -0.2) is 4.79 Å². The van der Waals surface area contributed by atoms with Crippen LogP contribution >= 0.6 is 0 Å². The lowest BCUT2D eigenvalue weighted by Crippen LogP contribution is -2.19. The molecular formula is C27H23NO3. The molecule has 0 aliphatic rings. The Hall–Kier alpha value is -3.92. The number of fused-ring (bicyclic) bond motifs is 1. The van der Waals surface area contributed by atoms with Gasteiger partial charge in [0.1, 0.15) is 0 Å². The van der Waals surface area contributed by atoms with E-state index in [0.717, 1.165) is 28.5 Å². The van der Waals surface area contributed by atoms with Crippen LogP contribution in [0.15, 0.2) is 91.1 Å². The van der Waals surface area contributed by atoms with E-state index in [1.165, 1.54) is 6.08 Å². The highest BCUT2D eigenvalue weighted by Crippen LogP contribution is 2.29. The van der Waals surface area contributed by atoms with Crippen LogP contribution in [0.3, 0.4) is 0 Å². The second kappa shape index (κ2) is 9.26. The van der Waals surface area contributed by atoms with Gasteiger partial charge in [0, 0.05) is 34.3 Å². The van der Waals surface area contributed by atoms with Crippen LogP contribution in [0.25, 0.3) is 17.0 Å². The van der Waals surface area contributed by atoms with E-state index in [0.29, 0.717) is 11.1 Å². The Bertz CT molecular complexity index is 1220. The number of Topliss-reactive ketones (excluding diaryl/α,β-unsaturated/α-hetero) is 1. The first-order chi connectivity index (χ1) is 15.2. The number of aromatic nitrogens is 1. The molecule has 0 bridgehead atoms. The number of H-pyrrole nitrogens is 1. The first-order valence-electron chi connectivity index (χ1n) is 10.3. The number of rotatable bonds is 7. The molecule has 1 heterocycles. The molecule has 0 aliphatic carbocycles. The number of hydrogen-bond donors (Lipinski definition) is 1. The Kier molecular flexibility index (Phi) is 6.08. The van der Waals surface area contributed by atoms with Crippen LogP contribution in [0.1, 0.15) is 40.1 Å². The molecule has 1 aromatic heterocycles. The van der Waals surface area contributed by atoms with E-state index in [9.17, 15) is 9.59 Å². The van der Waals surface area contributed by atoms with Gasteiger partial charge in [0.2, 0.25) is 5.78 Å². The van der Waals surface area contributed by atoms with Crippen molar-refractivity contribution in [1.29, 1.82) is 0 Å². The van der Waals surface area contributed by atoms with Crippen molar-refractivity contribution >= 4 is 28.7 Å². The number of aryl methyl sites for hydroxylation is 1. The van der Waals surface area contributed by atoms with E-state index >= 15 is 0 Å². The average molecular weight is 409 g/mol. The Balaban J connectivity index is 1.65. The van der Waals surface area contributed by atoms with Gasteiger partial charge in [-0.05, 0) is 23.6 Å². The van der Waals surface area contributed by atoms with E-state index in [1.807, 2.05) is 66.7 Å². The number of carbonyl (C=O) groups excluding carboxylic acids is 2. The number of ether oxygens (including phenoxy) is 1. The molecule has 0 saturated carbocycles. The van der Waals surface area contributed by atoms with E-state index in [-0.39, 0.29) is 5.78 Å². The van der Waals surface area contributed by atoms with Gasteiger partial charge in [-0.15, -0.1) is 0 Å². The zero-order valence-electron chi connectivity index (χ0n) is 17.2. The minimum atomic E-state index is -1.03. The lowest BCUT2D eigenvalue weighted by Gasteiger charge is -2.16. The molecule has 1 atom stereocenters. The molecule has 154 valence electrons. The molecule has 0 fully saturated rings. The molecule has 0 aliphatic heterocycles. The van der Waals surface area contributed by atoms with Gasteiger partial charge < -0.3 is 9.72 Å². The van der Waals surface area contributed by atoms with Crippen molar-refractivity contribution in [3.8, 4) is 0 Å². The van der Waals surface area contributed by atoms with Crippen molar-refractivity contribution in [2.24, 2.45) is 0 Å². The highest BCUT2D eigenvalue weighted by atomic mass is 16.5. The predicted molar refractivity (Wildman–Crippen MR) is 123 cm³/mol. The maximum absolute atomic E-state index is 13.5. The van der Waals surface area contributed by atoms with Crippen molar-refractivity contribution in [1.82, 2.24) is 4.98 Å². The van der Waals surface area contributed by atoms with Crippen molar-refractivity contribution in [2.45, 2.75) is 19.4 Å². The van der Waals surface area contributed by atoms with Crippen LogP contribution in [0.5, 0.6) is 0 Å². The van der Waals surface area contributed by atoms with Crippen LogP contribution in [-0.2, 0) is 16.0 Å². The quantitative estimate of drug-likeness (QED) is 0.234. The van der Waals surface area contributed by atoms with Crippen LogP contribution in [0.2, 0.25) is 0 Å². The number of nitrogens with one attached hydrogen (secondary N) is 1. The standard InChI is InChI=1S/C27H23NO3/c1-2-20-14-9-15-22-23(18-28-25(20)22)26(30)27(21-12-7-4-8-13-21)31-24(29)17-16-19-10-5-3-6-11-19/h3-18,27-28H,2H2,1H3/b17-16+/t27-/m0/s1. The molecule has 4 nitrogen and oxygen atoms in total. The topological polar surface area (TPSA) is 59.2 Å². The molecule has 0 radical (unpaired) electrons. The zero-order chi connectivity index (χ0) is 21.6. The van der Waals surface area contributed by atoms with Crippen LogP contribution in [0, 0.1) is 0 Å². The molecule has 1 N–H and O–H groups in total. The van der Waals surface area contributed by atoms with E-state index < -0.39 is 12.1 Å². The molecular weight excluding hydrogens is 386 g/mol. The highest BCUT2D eigenvalue weighted by Gasteiger charge is 2.27. The molecule has 4 rings (SSSR count). The predicted octanol–water partition coefficient (Wildman–Crippen LogP) is 5.91. The maximum Gasteiger partial charge on any atom is 0.331 e. The summed E-state index contributed by atoms with van der Waals surface area (Å²) in [7, 11) is 0. The van der Waals surface area contributed by atoms with Crippen molar-refractivity contribution in [3.05, 3.63) is 113 Å². The van der Waals surface area contributed by atoms with Crippen molar-refractivity contribution in [2.75, 3.05) is 0 Å². The number of ketones is 1. The monoisotopic (exact) mass is 409 g/mol. The summed E-state index contributed by atoms with van der Waals surface area (Å²) in [6, 6.07) is 24.5. The van der Waals surface area contributed by atoms with Gasteiger partial charge in [-0.2, -0.15) is 0 Å². The Morgan fingerprint density at radius 1 is 0.935 bits per heavy atom. The summed E-state index contributed by atoms with van der Waals surface area (Å²) in [6.07, 6.45) is 4.55. The first kappa shape index (κ1) is 20.4. The number of carbonyl (C=O) groups is 2. The van der Waals surface area contributed by atoms with E-state index in [2.05, 4.69) is 11.9 Å². The summed E-state index contributed by atoms with van der Waals surface area (Å²) in [5.41, 5.74) is 4.10. The fourth-order valence-electron chi connectivity index (χ4n) is 3.64. The minimum absolute atomic E-state index is 0.257. The lowest BCUT2D eigenvalue weighted by atomic mass is 9.98. The number of aromatic amines is 1. The number of benzene rings is 3. The summed E-state index contributed by atoms with van der Waals surface area (Å²) in [5, 5.41) is 0.834. The van der Waals surface area contributed by atoms with Crippen molar-refractivity contribution < 1.29 is 14.3 Å². The first-order valence-corrected chi connectivity index (χ1v) is 10.3. The number of esters is 1. The molecule has 0 amide bonds. The SMILES string of the molecule is CCc1cccc2c(C(=O)[C@@H](OC(=O)/C=C/c3ccccc3)c3ccccc3)c[nH]c12. The number of para-hydroxylation sites is 1. The minimum Gasteiger partial charge on any atom is -0.446 e. The third kappa shape index (κ3) is 4.48. The normalized spacial score (nSPS) is 12.2. The Labute approximate surface area is 181 Å². The smallest absolute Gasteiger partial charge is 0.331 e. The van der Waals surface area contributed by atoms with Gasteiger partial charge in [0.25, 0.3) is 0 Å². The highest BCUT2D eigenvalue weighted by molar-refractivity contribution is 6.11. The van der Waals surface area contributed by atoms with Gasteiger partial charge >= 0.3 is 5.97 Å². The van der Waals surface area contributed by atoms with Gasteiger partial charge in [-0.3, -0.25) is 4.79 Å². The van der Waals surface area contributed by atoms with Crippen LogP contribution in [0.4, 0.5) is 0 Å². The molecule has 0 unspecified atom stereocenters. The summed E-state index contributed by atoms with van der Waals surface area (Å²) >= 11 is 0. The van der Waals surface area contributed by atoms with Gasteiger partial charge in [0.05, 0.1) is 0 Å². The Morgan fingerprint density at radius 2 is 1.65 bits per heavy atom. The largest absolute Gasteiger partial charge is 0.446 e. The molecule has 4 aromatic rings. The van der Waals surface area contributed by atoms with Gasteiger partial charge in [0.15, 0.2) is 6.10 Å². The van der Waals surface area contributed by atoms with Crippen LogP contribution in [-0.4, -0.2) is 16.7 Å². The van der Waals surface area contributed by atoms with E-state index in [4.69, 9.17) is 4.74 Å². The van der Waals surface area contributed by atoms with Crippen molar-refractivity contribution in [3.63, 3.8) is 0 Å². The molecule has 31 heavy (non-hydrogen) atoms. The Morgan fingerprint density at radius 3 is 2.35 bits per heavy atom. The summed E-state index contributed by atoms with van der Waals surface area (Å²) in [5.74, 6) is -0.827. The second-order valence-corrected chi connectivity index (χ2v) is 7.23.